The first kappa shape index (κ1) is 11.8. The fraction of sp³-hybridized carbons (Fsp3) is 0.462. The highest BCUT2D eigenvalue weighted by Crippen LogP contribution is 2.33. The number of amides is 1. The molecule has 0 unspecified atom stereocenters. The molecule has 0 bridgehead atoms. The quantitative estimate of drug-likeness (QED) is 0.688. The Bertz CT molecular complexity index is 381. The largest absolute Gasteiger partial charge is 0.465 e. The number of anilines is 1. The highest BCUT2D eigenvalue weighted by atomic mass is 16.4. The van der Waals surface area contributed by atoms with E-state index >= 15 is 0 Å². The molecular weight excluding hydrogens is 216 g/mol. The number of carboxylic acid groups (broad SMARTS) is 1. The second kappa shape index (κ2) is 5.08. The highest BCUT2D eigenvalue weighted by molar-refractivity contribution is 5.64. The summed E-state index contributed by atoms with van der Waals surface area (Å²) in [6, 6.07) is 8.13. The molecule has 0 atom stereocenters. The Kier molecular flexibility index (Phi) is 3.52. The van der Waals surface area contributed by atoms with Gasteiger partial charge < -0.3 is 16.2 Å². The predicted molar refractivity (Wildman–Crippen MR) is 67.0 cm³/mol. The molecule has 0 heterocycles. The third kappa shape index (κ3) is 3.12. The average Bonchev–Trinajstić information content (AvgIpc) is 2.30. The van der Waals surface area contributed by atoms with Crippen molar-refractivity contribution in [3.8, 4) is 0 Å². The molecular formula is C13H18N2O2. The van der Waals surface area contributed by atoms with Gasteiger partial charge in [0, 0.05) is 11.7 Å². The number of hydrogen-bond acceptors (Lipinski definition) is 2. The smallest absolute Gasteiger partial charge is 0.404 e. The van der Waals surface area contributed by atoms with E-state index < -0.39 is 6.09 Å². The van der Waals surface area contributed by atoms with E-state index in [1.807, 2.05) is 12.1 Å². The molecule has 1 amide bonds. The van der Waals surface area contributed by atoms with Crippen LogP contribution in [0.1, 0.15) is 37.2 Å². The first-order valence-electron chi connectivity index (χ1n) is 6.00. The molecule has 2 rings (SSSR count). The number of rotatable bonds is 2. The van der Waals surface area contributed by atoms with E-state index in [2.05, 4.69) is 17.4 Å². The standard InChI is InChI=1S/C13H18N2O2/c14-11-5-1-9(2-6-11)10-3-7-12(8-4-10)15-13(16)17/h1-2,5-6,10,12,15H,3-4,7-8,14H2,(H,16,17)/t10-,12+. The van der Waals surface area contributed by atoms with Gasteiger partial charge in [-0.2, -0.15) is 0 Å². The molecule has 4 heteroatoms. The number of benzene rings is 1. The molecule has 1 aromatic rings. The number of nitrogen functional groups attached to an aromatic ring is 1. The van der Waals surface area contributed by atoms with Crippen molar-refractivity contribution in [2.45, 2.75) is 37.6 Å². The van der Waals surface area contributed by atoms with Gasteiger partial charge in [0.15, 0.2) is 0 Å². The Morgan fingerprint density at radius 2 is 1.76 bits per heavy atom. The number of nitrogens with two attached hydrogens (primary N) is 1. The molecule has 17 heavy (non-hydrogen) atoms. The SMILES string of the molecule is Nc1ccc([C@H]2CC[C@@H](NC(=O)O)CC2)cc1. The summed E-state index contributed by atoms with van der Waals surface area (Å²) >= 11 is 0. The summed E-state index contributed by atoms with van der Waals surface area (Å²) in [7, 11) is 0. The highest BCUT2D eigenvalue weighted by Gasteiger charge is 2.23. The second-order valence-corrected chi connectivity index (χ2v) is 4.66. The summed E-state index contributed by atoms with van der Waals surface area (Å²) in [5.74, 6) is 0.544. The molecule has 0 aromatic heterocycles. The van der Waals surface area contributed by atoms with Gasteiger partial charge in [0.2, 0.25) is 0 Å². The van der Waals surface area contributed by atoms with Crippen LogP contribution in [-0.2, 0) is 0 Å². The van der Waals surface area contributed by atoms with E-state index in [1.165, 1.54) is 5.56 Å². The third-order valence-corrected chi connectivity index (χ3v) is 3.46. The van der Waals surface area contributed by atoms with Crippen LogP contribution >= 0.6 is 0 Å². The number of hydrogen-bond donors (Lipinski definition) is 3. The van der Waals surface area contributed by atoms with Crippen LogP contribution in [0.3, 0.4) is 0 Å². The van der Waals surface area contributed by atoms with Crippen molar-refractivity contribution in [1.82, 2.24) is 5.32 Å². The van der Waals surface area contributed by atoms with Gasteiger partial charge in [0.1, 0.15) is 0 Å². The monoisotopic (exact) mass is 234 g/mol. The maximum Gasteiger partial charge on any atom is 0.404 e. The molecule has 0 aliphatic heterocycles. The molecule has 4 nitrogen and oxygen atoms in total. The predicted octanol–water partition coefficient (Wildman–Crippen LogP) is 2.56. The lowest BCUT2D eigenvalue weighted by atomic mass is 9.82. The Balaban J connectivity index is 1.90. The van der Waals surface area contributed by atoms with Crippen LogP contribution < -0.4 is 11.1 Å². The van der Waals surface area contributed by atoms with E-state index in [1.54, 1.807) is 0 Å². The molecule has 1 fully saturated rings. The summed E-state index contributed by atoms with van der Waals surface area (Å²) < 4.78 is 0. The van der Waals surface area contributed by atoms with Gasteiger partial charge in [-0.1, -0.05) is 12.1 Å². The fourth-order valence-electron chi connectivity index (χ4n) is 2.51. The van der Waals surface area contributed by atoms with Crippen molar-refractivity contribution in [3.63, 3.8) is 0 Å². The van der Waals surface area contributed by atoms with Gasteiger partial charge in [0.05, 0.1) is 0 Å². The van der Waals surface area contributed by atoms with Crippen molar-refractivity contribution in [2.24, 2.45) is 0 Å². The first-order valence-corrected chi connectivity index (χ1v) is 6.00. The van der Waals surface area contributed by atoms with Gasteiger partial charge in [-0.05, 0) is 49.3 Å². The van der Waals surface area contributed by atoms with Crippen LogP contribution in [0, 0.1) is 0 Å². The van der Waals surface area contributed by atoms with Gasteiger partial charge in [0.25, 0.3) is 0 Å². The van der Waals surface area contributed by atoms with Gasteiger partial charge >= 0.3 is 6.09 Å². The van der Waals surface area contributed by atoms with Crippen LogP contribution in [-0.4, -0.2) is 17.2 Å². The molecule has 0 radical (unpaired) electrons. The molecule has 0 spiro atoms. The lowest BCUT2D eigenvalue weighted by molar-refractivity contribution is 0.185. The summed E-state index contributed by atoms with van der Waals surface area (Å²) in [5.41, 5.74) is 7.76. The van der Waals surface area contributed by atoms with Gasteiger partial charge in [-0.15, -0.1) is 0 Å². The van der Waals surface area contributed by atoms with E-state index in [0.29, 0.717) is 5.92 Å². The fourth-order valence-corrected chi connectivity index (χ4v) is 2.51. The molecule has 0 saturated heterocycles. The molecule has 4 N–H and O–H groups in total. The van der Waals surface area contributed by atoms with Crippen LogP contribution in [0.2, 0.25) is 0 Å². The molecule has 92 valence electrons. The first-order chi connectivity index (χ1) is 8.15. The lowest BCUT2D eigenvalue weighted by Crippen LogP contribution is -2.36. The van der Waals surface area contributed by atoms with Crippen LogP contribution in [0.5, 0.6) is 0 Å². The van der Waals surface area contributed by atoms with Crippen LogP contribution in [0.25, 0.3) is 0 Å². The zero-order valence-electron chi connectivity index (χ0n) is 9.73. The minimum Gasteiger partial charge on any atom is -0.465 e. The third-order valence-electron chi connectivity index (χ3n) is 3.46. The Hall–Kier alpha value is -1.71. The van der Waals surface area contributed by atoms with Crippen molar-refractivity contribution in [2.75, 3.05) is 5.73 Å². The van der Waals surface area contributed by atoms with E-state index in [9.17, 15) is 4.79 Å². The summed E-state index contributed by atoms with van der Waals surface area (Å²) in [5, 5.41) is 11.2. The van der Waals surface area contributed by atoms with Crippen molar-refractivity contribution in [3.05, 3.63) is 29.8 Å². The summed E-state index contributed by atoms with van der Waals surface area (Å²) in [6.07, 6.45) is 2.99. The topological polar surface area (TPSA) is 75.3 Å². The zero-order valence-corrected chi connectivity index (χ0v) is 9.73. The van der Waals surface area contributed by atoms with Crippen LogP contribution in [0.4, 0.5) is 10.5 Å². The average molecular weight is 234 g/mol. The lowest BCUT2D eigenvalue weighted by Gasteiger charge is -2.28. The molecule has 1 aliphatic rings. The maximum atomic E-state index is 10.5. The van der Waals surface area contributed by atoms with Crippen molar-refractivity contribution < 1.29 is 9.90 Å². The van der Waals surface area contributed by atoms with Crippen molar-refractivity contribution in [1.29, 1.82) is 0 Å². The van der Waals surface area contributed by atoms with Gasteiger partial charge in [-0.3, -0.25) is 0 Å². The second-order valence-electron chi connectivity index (χ2n) is 4.66. The minimum atomic E-state index is -0.916. The Morgan fingerprint density at radius 3 is 2.29 bits per heavy atom. The Morgan fingerprint density at radius 1 is 1.18 bits per heavy atom. The van der Waals surface area contributed by atoms with Crippen molar-refractivity contribution >= 4 is 11.8 Å². The minimum absolute atomic E-state index is 0.123. The molecule has 1 saturated carbocycles. The summed E-state index contributed by atoms with van der Waals surface area (Å²) in [6.45, 7) is 0. The number of nitrogens with one attached hydrogen (secondary N) is 1. The van der Waals surface area contributed by atoms with E-state index in [4.69, 9.17) is 10.8 Å². The maximum absolute atomic E-state index is 10.5. The summed E-state index contributed by atoms with van der Waals surface area (Å²) in [4.78, 5) is 10.5. The van der Waals surface area contributed by atoms with E-state index in [0.717, 1.165) is 31.4 Å². The molecule has 1 aliphatic carbocycles. The number of carbonyl (C=O) groups is 1. The van der Waals surface area contributed by atoms with E-state index in [-0.39, 0.29) is 6.04 Å². The normalized spacial score (nSPS) is 24.2. The Labute approximate surface area is 101 Å². The zero-order chi connectivity index (χ0) is 12.3. The van der Waals surface area contributed by atoms with Gasteiger partial charge in [-0.25, -0.2) is 4.79 Å². The molecule has 1 aromatic carbocycles. The van der Waals surface area contributed by atoms with Crippen LogP contribution in [0.15, 0.2) is 24.3 Å².